The summed E-state index contributed by atoms with van der Waals surface area (Å²) in [5.41, 5.74) is 1.43. The monoisotopic (exact) mass is 299 g/mol. The van der Waals surface area contributed by atoms with Gasteiger partial charge >= 0.3 is 0 Å². The second kappa shape index (κ2) is 11.7. The average molecular weight is 300 g/mol. The molecule has 0 aliphatic carbocycles. The Kier molecular flexibility index (Phi) is 10.4. The molecule has 0 aliphatic rings. The second-order valence-electron chi connectivity index (χ2n) is 5.32. The molecule has 1 N–H and O–H groups in total. The van der Waals surface area contributed by atoms with Crippen LogP contribution in [-0.4, -0.2) is 0 Å². The van der Waals surface area contributed by atoms with Crippen molar-refractivity contribution in [2.75, 3.05) is 4.72 Å². The van der Waals surface area contributed by atoms with Crippen molar-refractivity contribution >= 4 is 29.2 Å². The van der Waals surface area contributed by atoms with Gasteiger partial charge in [0.25, 0.3) is 0 Å². The molecule has 0 aromatic carbocycles. The lowest BCUT2D eigenvalue weighted by Crippen LogP contribution is -1.88. The molecule has 1 heterocycles. The zero-order valence-electron chi connectivity index (χ0n) is 12.3. The van der Waals surface area contributed by atoms with Gasteiger partial charge in [0.15, 0.2) is 0 Å². The number of thiophene rings is 1. The molecule has 0 amide bonds. The normalized spacial score (nSPS) is 10.8. The standard InChI is InChI=1S/C16H29NS2/c1-2-3-4-5-6-7-8-9-10-11-12-15-13-14-19-16(15)17-18/h13-14,17-18H,2-12H2,1H3. The Morgan fingerprint density at radius 2 is 1.53 bits per heavy atom. The van der Waals surface area contributed by atoms with Crippen molar-refractivity contribution in [2.24, 2.45) is 0 Å². The van der Waals surface area contributed by atoms with Gasteiger partial charge < -0.3 is 4.72 Å². The van der Waals surface area contributed by atoms with Crippen LogP contribution in [0.2, 0.25) is 0 Å². The van der Waals surface area contributed by atoms with Crippen molar-refractivity contribution in [1.82, 2.24) is 0 Å². The maximum Gasteiger partial charge on any atom is 0.101 e. The van der Waals surface area contributed by atoms with Gasteiger partial charge in [0.1, 0.15) is 5.00 Å². The van der Waals surface area contributed by atoms with E-state index < -0.39 is 0 Å². The van der Waals surface area contributed by atoms with Crippen molar-refractivity contribution in [3.63, 3.8) is 0 Å². The molecular formula is C16H29NS2. The first-order chi connectivity index (χ1) is 9.38. The Hall–Kier alpha value is -0.150. The second-order valence-corrected chi connectivity index (χ2v) is 6.46. The van der Waals surface area contributed by atoms with E-state index in [0.29, 0.717) is 0 Å². The topological polar surface area (TPSA) is 12.0 Å². The molecule has 1 nitrogen and oxygen atoms in total. The van der Waals surface area contributed by atoms with E-state index in [2.05, 4.69) is 35.9 Å². The lowest BCUT2D eigenvalue weighted by molar-refractivity contribution is 0.556. The Bertz CT molecular complexity index is 309. The number of unbranched alkanes of at least 4 members (excludes halogenated alkanes) is 9. The van der Waals surface area contributed by atoms with Gasteiger partial charge in [0, 0.05) is 0 Å². The van der Waals surface area contributed by atoms with Crippen molar-refractivity contribution in [3.05, 3.63) is 17.0 Å². The fourth-order valence-corrected chi connectivity index (χ4v) is 3.48. The quantitative estimate of drug-likeness (QED) is 0.333. The molecule has 0 saturated carbocycles. The number of nitrogens with one attached hydrogen (secondary N) is 1. The van der Waals surface area contributed by atoms with E-state index in [0.717, 1.165) is 0 Å². The van der Waals surface area contributed by atoms with Crippen LogP contribution in [0.3, 0.4) is 0 Å². The van der Waals surface area contributed by atoms with Gasteiger partial charge in [-0.2, -0.15) is 0 Å². The number of aryl methyl sites for hydroxylation is 1. The summed E-state index contributed by atoms with van der Waals surface area (Å²) in [4.78, 5) is 0. The maximum atomic E-state index is 4.13. The molecule has 1 aromatic heterocycles. The van der Waals surface area contributed by atoms with Gasteiger partial charge in [-0.05, 0) is 29.9 Å². The zero-order chi connectivity index (χ0) is 13.8. The van der Waals surface area contributed by atoms with Gasteiger partial charge in [0.2, 0.25) is 0 Å². The van der Waals surface area contributed by atoms with Crippen LogP contribution < -0.4 is 4.72 Å². The summed E-state index contributed by atoms with van der Waals surface area (Å²) in [5.74, 6) is 0. The SMILES string of the molecule is CCCCCCCCCCCCc1ccsc1NS. The smallest absolute Gasteiger partial charge is 0.101 e. The highest BCUT2D eigenvalue weighted by molar-refractivity contribution is 7.82. The molecule has 1 rings (SSSR count). The molecule has 0 unspecified atom stereocenters. The Balaban J connectivity index is 1.89. The summed E-state index contributed by atoms with van der Waals surface area (Å²) in [7, 11) is 0. The van der Waals surface area contributed by atoms with Gasteiger partial charge in [0.05, 0.1) is 0 Å². The molecular weight excluding hydrogens is 270 g/mol. The van der Waals surface area contributed by atoms with Crippen LogP contribution in [0.25, 0.3) is 0 Å². The molecule has 0 radical (unpaired) electrons. The van der Waals surface area contributed by atoms with E-state index in [-0.39, 0.29) is 0 Å². The molecule has 0 aliphatic heterocycles. The Labute approximate surface area is 128 Å². The predicted octanol–water partition coefficient (Wildman–Crippen LogP) is 6.47. The van der Waals surface area contributed by atoms with Crippen LogP contribution in [0.1, 0.15) is 76.7 Å². The van der Waals surface area contributed by atoms with Crippen molar-refractivity contribution in [1.29, 1.82) is 0 Å². The lowest BCUT2D eigenvalue weighted by Gasteiger charge is -2.03. The van der Waals surface area contributed by atoms with Crippen LogP contribution in [0, 0.1) is 0 Å². The lowest BCUT2D eigenvalue weighted by atomic mass is 10.0. The van der Waals surface area contributed by atoms with Gasteiger partial charge in [-0.1, -0.05) is 77.5 Å². The largest absolute Gasteiger partial charge is 0.324 e. The fraction of sp³-hybridized carbons (Fsp3) is 0.750. The minimum absolute atomic E-state index is 1.20. The summed E-state index contributed by atoms with van der Waals surface area (Å²) in [6, 6.07) is 2.22. The van der Waals surface area contributed by atoms with Gasteiger partial charge in [-0.3, -0.25) is 0 Å². The molecule has 0 saturated heterocycles. The molecule has 0 fully saturated rings. The van der Waals surface area contributed by atoms with Gasteiger partial charge in [-0.25, -0.2) is 0 Å². The third kappa shape index (κ3) is 7.88. The van der Waals surface area contributed by atoms with E-state index in [1.54, 1.807) is 11.3 Å². The molecule has 0 spiro atoms. The number of hydrogen-bond acceptors (Lipinski definition) is 3. The third-order valence-corrected chi connectivity index (χ3v) is 4.89. The first kappa shape index (κ1) is 16.9. The Morgan fingerprint density at radius 3 is 2.11 bits per heavy atom. The minimum Gasteiger partial charge on any atom is -0.324 e. The van der Waals surface area contributed by atoms with E-state index in [1.807, 2.05) is 0 Å². The fourth-order valence-electron chi connectivity index (χ4n) is 2.43. The summed E-state index contributed by atoms with van der Waals surface area (Å²) >= 11 is 5.88. The van der Waals surface area contributed by atoms with Crippen molar-refractivity contribution < 1.29 is 0 Å². The van der Waals surface area contributed by atoms with Crippen molar-refractivity contribution in [2.45, 2.75) is 77.6 Å². The van der Waals surface area contributed by atoms with E-state index in [9.17, 15) is 0 Å². The van der Waals surface area contributed by atoms with Crippen LogP contribution in [-0.2, 0) is 6.42 Å². The molecule has 0 atom stereocenters. The van der Waals surface area contributed by atoms with Crippen LogP contribution in [0.5, 0.6) is 0 Å². The van der Waals surface area contributed by atoms with Crippen molar-refractivity contribution in [3.8, 4) is 0 Å². The Morgan fingerprint density at radius 1 is 0.947 bits per heavy atom. The summed E-state index contributed by atoms with van der Waals surface area (Å²) in [5, 5.41) is 3.36. The summed E-state index contributed by atoms with van der Waals surface area (Å²) in [6.45, 7) is 2.28. The predicted molar refractivity (Wildman–Crippen MR) is 92.5 cm³/mol. The van der Waals surface area contributed by atoms with Gasteiger partial charge in [-0.15, -0.1) is 11.3 Å². The number of hydrogen-bond donors (Lipinski definition) is 2. The highest BCUT2D eigenvalue weighted by atomic mass is 32.1. The van der Waals surface area contributed by atoms with Crippen LogP contribution >= 0.6 is 24.2 Å². The first-order valence-corrected chi connectivity index (χ1v) is 9.17. The highest BCUT2D eigenvalue weighted by Crippen LogP contribution is 2.25. The number of anilines is 1. The minimum atomic E-state index is 1.20. The van der Waals surface area contributed by atoms with E-state index in [4.69, 9.17) is 0 Å². The molecule has 19 heavy (non-hydrogen) atoms. The molecule has 0 bridgehead atoms. The third-order valence-electron chi connectivity index (χ3n) is 3.65. The average Bonchev–Trinajstić information content (AvgIpc) is 2.88. The first-order valence-electron chi connectivity index (χ1n) is 7.85. The molecule has 3 heteroatoms. The van der Waals surface area contributed by atoms with E-state index in [1.165, 1.54) is 81.2 Å². The summed E-state index contributed by atoms with van der Waals surface area (Å²) < 4.78 is 2.97. The summed E-state index contributed by atoms with van der Waals surface area (Å²) in [6.07, 6.45) is 15.2. The molecule has 1 aromatic rings. The van der Waals surface area contributed by atoms with Crippen LogP contribution in [0.4, 0.5) is 5.00 Å². The maximum absolute atomic E-state index is 4.13. The zero-order valence-corrected chi connectivity index (χ0v) is 14.0. The van der Waals surface area contributed by atoms with Crippen LogP contribution in [0.15, 0.2) is 11.4 Å². The highest BCUT2D eigenvalue weighted by Gasteiger charge is 2.01. The van der Waals surface area contributed by atoms with E-state index >= 15 is 0 Å². The number of rotatable bonds is 12. The number of thiol groups is 1. The molecule has 110 valence electrons.